The number of aromatic amines is 1. The fraction of sp³-hybridized carbons (Fsp3) is 0.385. The van der Waals surface area contributed by atoms with Crippen LogP contribution in [-0.2, 0) is 30.4 Å². The molecule has 0 saturated carbocycles. The molecule has 1 amide bonds. The molecular formula is C39H43N5O9. The molecule has 1 aromatic rings. The molecule has 4 atom stereocenters. The van der Waals surface area contributed by atoms with Gasteiger partial charge in [-0.15, -0.1) is 0 Å². The molecule has 14 heteroatoms. The zero-order valence-electron chi connectivity index (χ0n) is 30.5. The highest BCUT2D eigenvalue weighted by molar-refractivity contribution is 6.27. The summed E-state index contributed by atoms with van der Waals surface area (Å²) in [6, 6.07) is -0.592. The van der Waals surface area contributed by atoms with Crippen LogP contribution < -0.4 is 16.0 Å². The molecule has 1 unspecified atom stereocenters. The molecule has 5 rings (SSSR count). The number of carboxylic acid groups (broad SMARTS) is 4. The van der Waals surface area contributed by atoms with E-state index >= 15 is 0 Å². The van der Waals surface area contributed by atoms with Crippen LogP contribution in [0, 0.1) is 18.8 Å². The Bertz CT molecular complexity index is 2230. The van der Waals surface area contributed by atoms with Crippen molar-refractivity contribution < 1.29 is 44.4 Å². The number of allylic oxidation sites excluding steroid dienone is 4. The summed E-state index contributed by atoms with van der Waals surface area (Å²) in [7, 11) is 0. The Balaban J connectivity index is 1.86. The Morgan fingerprint density at radius 3 is 2.25 bits per heavy atom. The van der Waals surface area contributed by atoms with Crippen molar-refractivity contribution in [1.29, 1.82) is 0 Å². The van der Waals surface area contributed by atoms with E-state index in [2.05, 4.69) is 16.9 Å². The molecule has 8 bridgehead atoms. The Morgan fingerprint density at radius 1 is 0.981 bits per heavy atom. The van der Waals surface area contributed by atoms with E-state index in [0.29, 0.717) is 34.5 Å². The summed E-state index contributed by atoms with van der Waals surface area (Å²) in [4.78, 5) is 80.8. The SMILES string of the molecule is C=CC1=C(C)/C2=C/C3N=C(/C(CC(=O)N[C@@](C)(CC(=O)O)C(=O)O)=C4\N=C(C=c5[nH]/c(c(C)c5CC)=C\C1=N2)C(C)=C4C(=O)O)[C@@H](CCC(=O)O)[C@@H]3C. The number of amides is 1. The summed E-state index contributed by atoms with van der Waals surface area (Å²) in [5.41, 5.74) is 3.39. The van der Waals surface area contributed by atoms with Crippen LogP contribution in [0.2, 0.25) is 0 Å². The number of hydrogen-bond acceptors (Lipinski definition) is 8. The number of rotatable bonds is 12. The van der Waals surface area contributed by atoms with Gasteiger partial charge in [0.15, 0.2) is 0 Å². The third-order valence-electron chi connectivity index (χ3n) is 10.5. The fourth-order valence-electron chi connectivity index (χ4n) is 7.47. The van der Waals surface area contributed by atoms with Gasteiger partial charge in [0.05, 0.1) is 47.3 Å². The molecule has 6 N–H and O–H groups in total. The molecule has 14 nitrogen and oxygen atoms in total. The van der Waals surface area contributed by atoms with E-state index in [0.717, 1.165) is 34.5 Å². The van der Waals surface area contributed by atoms with Crippen LogP contribution in [0.1, 0.15) is 71.4 Å². The molecule has 0 spiro atoms. The quantitative estimate of drug-likeness (QED) is 0.186. The maximum Gasteiger partial charge on any atom is 0.338 e. The van der Waals surface area contributed by atoms with E-state index in [1.165, 1.54) is 0 Å². The highest BCUT2D eigenvalue weighted by atomic mass is 16.4. The first-order valence-electron chi connectivity index (χ1n) is 17.3. The highest BCUT2D eigenvalue weighted by Crippen LogP contribution is 2.41. The van der Waals surface area contributed by atoms with Gasteiger partial charge in [-0.25, -0.2) is 19.6 Å². The van der Waals surface area contributed by atoms with Crippen molar-refractivity contribution in [3.63, 3.8) is 0 Å². The predicted molar refractivity (Wildman–Crippen MR) is 198 cm³/mol. The van der Waals surface area contributed by atoms with Gasteiger partial charge in [0.2, 0.25) is 5.91 Å². The molecule has 4 aliphatic rings. The molecule has 0 aromatic carbocycles. The fourth-order valence-corrected chi connectivity index (χ4v) is 7.47. The molecular weight excluding hydrogens is 682 g/mol. The number of nitrogens with one attached hydrogen (secondary N) is 2. The van der Waals surface area contributed by atoms with Crippen LogP contribution in [0.5, 0.6) is 0 Å². The minimum atomic E-state index is -2.20. The van der Waals surface area contributed by atoms with Gasteiger partial charge in [-0.2, -0.15) is 0 Å². The highest BCUT2D eigenvalue weighted by Gasteiger charge is 2.42. The maximum absolute atomic E-state index is 13.8. The van der Waals surface area contributed by atoms with Crippen molar-refractivity contribution in [3.8, 4) is 0 Å². The molecule has 0 saturated heterocycles. The van der Waals surface area contributed by atoms with Crippen LogP contribution >= 0.6 is 0 Å². The smallest absolute Gasteiger partial charge is 0.338 e. The Labute approximate surface area is 305 Å². The first kappa shape index (κ1) is 38.3. The Hall–Kier alpha value is -5.92. The average Bonchev–Trinajstić information content (AvgIpc) is 3.75. The minimum Gasteiger partial charge on any atom is -0.481 e. The van der Waals surface area contributed by atoms with Crippen LogP contribution in [0.25, 0.3) is 12.2 Å². The largest absolute Gasteiger partial charge is 0.481 e. The van der Waals surface area contributed by atoms with Crippen LogP contribution in [-0.4, -0.2) is 83.9 Å². The van der Waals surface area contributed by atoms with Crippen molar-refractivity contribution in [2.24, 2.45) is 26.8 Å². The summed E-state index contributed by atoms with van der Waals surface area (Å²) in [6.45, 7) is 14.5. The molecule has 53 heavy (non-hydrogen) atoms. The van der Waals surface area contributed by atoms with Gasteiger partial charge in [-0.05, 0) is 87.0 Å². The lowest BCUT2D eigenvalue weighted by molar-refractivity contribution is -0.152. The average molecular weight is 726 g/mol. The molecule has 0 fully saturated rings. The molecule has 0 aliphatic carbocycles. The first-order valence-corrected chi connectivity index (χ1v) is 17.3. The summed E-state index contributed by atoms with van der Waals surface area (Å²) in [5, 5.41) is 43.4. The summed E-state index contributed by atoms with van der Waals surface area (Å²) >= 11 is 0. The van der Waals surface area contributed by atoms with Crippen LogP contribution in [0.3, 0.4) is 0 Å². The number of aliphatic imine (C=N–C) groups is 3. The summed E-state index contributed by atoms with van der Waals surface area (Å²) in [6.07, 6.45) is 6.21. The number of aliphatic carboxylic acids is 4. The van der Waals surface area contributed by atoms with Gasteiger partial charge in [0, 0.05) is 39.9 Å². The number of hydrogen-bond donors (Lipinski definition) is 6. The van der Waals surface area contributed by atoms with E-state index in [1.54, 1.807) is 19.1 Å². The minimum absolute atomic E-state index is 0.0716. The van der Waals surface area contributed by atoms with Gasteiger partial charge >= 0.3 is 23.9 Å². The van der Waals surface area contributed by atoms with Gasteiger partial charge < -0.3 is 30.7 Å². The lowest BCUT2D eigenvalue weighted by atomic mass is 9.80. The second-order valence-electron chi connectivity index (χ2n) is 14.0. The number of carbonyl (C=O) groups excluding carboxylic acids is 1. The van der Waals surface area contributed by atoms with Crippen molar-refractivity contribution in [2.75, 3.05) is 0 Å². The van der Waals surface area contributed by atoms with Gasteiger partial charge in [0.1, 0.15) is 5.54 Å². The number of fused-ring (bicyclic) bond motifs is 5. The molecule has 278 valence electrons. The number of aromatic nitrogens is 1. The van der Waals surface area contributed by atoms with Gasteiger partial charge in [-0.3, -0.25) is 19.4 Å². The Morgan fingerprint density at radius 2 is 1.66 bits per heavy atom. The summed E-state index contributed by atoms with van der Waals surface area (Å²) < 4.78 is 0. The monoisotopic (exact) mass is 725 g/mol. The van der Waals surface area contributed by atoms with Crippen molar-refractivity contribution in [3.05, 3.63) is 79.8 Å². The lowest BCUT2D eigenvalue weighted by Crippen LogP contribution is -2.53. The van der Waals surface area contributed by atoms with E-state index < -0.39 is 60.1 Å². The third kappa shape index (κ3) is 7.26. The van der Waals surface area contributed by atoms with Gasteiger partial charge in [0.25, 0.3) is 0 Å². The Kier molecular flexibility index (Phi) is 10.6. The van der Waals surface area contributed by atoms with Crippen molar-refractivity contribution >= 4 is 59.1 Å². The zero-order chi connectivity index (χ0) is 39.1. The molecule has 0 radical (unpaired) electrons. The molecule has 5 heterocycles. The van der Waals surface area contributed by atoms with E-state index in [1.807, 2.05) is 39.8 Å². The number of nitrogens with zero attached hydrogens (tertiary/aromatic N) is 3. The van der Waals surface area contributed by atoms with Crippen LogP contribution in [0.15, 0.2) is 73.0 Å². The van der Waals surface area contributed by atoms with Crippen LogP contribution in [0.4, 0.5) is 0 Å². The molecule has 1 aromatic heterocycles. The second kappa shape index (κ2) is 14.6. The number of carbonyl (C=O) groups is 5. The molecule has 4 aliphatic heterocycles. The number of carboxylic acids is 4. The van der Waals surface area contributed by atoms with Gasteiger partial charge in [-0.1, -0.05) is 26.5 Å². The zero-order valence-corrected chi connectivity index (χ0v) is 30.5. The van der Waals surface area contributed by atoms with Crippen molar-refractivity contribution in [1.82, 2.24) is 10.3 Å². The lowest BCUT2D eigenvalue weighted by Gasteiger charge is -2.26. The number of H-pyrrole nitrogens is 1. The normalized spacial score (nSPS) is 24.9. The first-order chi connectivity index (χ1) is 24.9. The third-order valence-corrected chi connectivity index (χ3v) is 10.5. The van der Waals surface area contributed by atoms with E-state index in [9.17, 15) is 44.4 Å². The van der Waals surface area contributed by atoms with E-state index in [-0.39, 0.29) is 41.3 Å². The predicted octanol–water partition coefficient (Wildman–Crippen LogP) is 3.18. The topological polar surface area (TPSA) is 231 Å². The summed E-state index contributed by atoms with van der Waals surface area (Å²) in [5.74, 6) is -7.28. The maximum atomic E-state index is 13.8. The second-order valence-corrected chi connectivity index (χ2v) is 14.0. The van der Waals surface area contributed by atoms with Crippen molar-refractivity contribution in [2.45, 2.75) is 85.2 Å². The standard InChI is InChI=1S/C39H43N5O9/c1-8-21-17(3)25-13-27-19(5)23(10-11-32(46)47)35(42-27)24(12-31(45)44-39(7,38(52)53)16-33(48)49)36-34(37(50)51)20(6)28(43-36)15-30-22(9-2)18(4)26(41-30)14-29(21)40-25/h8,13-15,19,23,27,41H,1,9-12,16H2,2-7H3,(H,44,45)(H,46,47)(H,48,49)(H,50,51)(H,52,53)/b25-13-,26-14-,30-15?,36-24-/t19-,23-,27?,39-/m0/s1. The van der Waals surface area contributed by atoms with E-state index in [4.69, 9.17) is 15.0 Å².